The van der Waals surface area contributed by atoms with Gasteiger partial charge in [0.2, 0.25) is 0 Å². The van der Waals surface area contributed by atoms with E-state index in [2.05, 4.69) is 57.0 Å². The normalized spacial score (nSPS) is 13.2. The number of hydrogen-bond donors (Lipinski definition) is 1. The van der Waals surface area contributed by atoms with E-state index in [1.165, 1.54) is 16.8 Å². The molecular formula is C15H25N. The van der Waals surface area contributed by atoms with Crippen LogP contribution in [0.2, 0.25) is 0 Å². The highest BCUT2D eigenvalue weighted by molar-refractivity contribution is 5.31. The van der Waals surface area contributed by atoms with Crippen LogP contribution < -0.4 is 5.32 Å². The average molecular weight is 219 g/mol. The molecule has 0 aliphatic rings. The lowest BCUT2D eigenvalue weighted by atomic mass is 10.00. The second kappa shape index (κ2) is 9.02. The van der Waals surface area contributed by atoms with Gasteiger partial charge in [-0.3, -0.25) is 0 Å². The molecule has 0 aromatic heterocycles. The predicted octanol–water partition coefficient (Wildman–Crippen LogP) is 4.36. The zero-order valence-electron chi connectivity index (χ0n) is 11.1. The van der Waals surface area contributed by atoms with Gasteiger partial charge in [-0.25, -0.2) is 0 Å². The van der Waals surface area contributed by atoms with E-state index in [9.17, 15) is 0 Å². The van der Waals surface area contributed by atoms with Gasteiger partial charge in [-0.15, -0.1) is 0 Å². The van der Waals surface area contributed by atoms with E-state index in [0.717, 1.165) is 19.3 Å². The Kier molecular flexibility index (Phi) is 8.32. The van der Waals surface area contributed by atoms with Gasteiger partial charge in [0.05, 0.1) is 0 Å². The lowest BCUT2D eigenvalue weighted by Crippen LogP contribution is -2.04. The number of hydrogen-bond acceptors (Lipinski definition) is 1. The lowest BCUT2D eigenvalue weighted by molar-refractivity contribution is 0.924. The summed E-state index contributed by atoms with van der Waals surface area (Å²) in [7, 11) is 1.96. The van der Waals surface area contributed by atoms with Crippen molar-refractivity contribution in [1.82, 2.24) is 5.32 Å². The van der Waals surface area contributed by atoms with Crippen molar-refractivity contribution in [3.05, 3.63) is 47.7 Å². The fourth-order valence-corrected chi connectivity index (χ4v) is 1.44. The molecule has 0 unspecified atom stereocenters. The van der Waals surface area contributed by atoms with Gasteiger partial charge in [0.15, 0.2) is 0 Å². The van der Waals surface area contributed by atoms with Crippen molar-refractivity contribution in [3.8, 4) is 0 Å². The Morgan fingerprint density at radius 3 is 2.38 bits per heavy atom. The first kappa shape index (κ1) is 14.8. The van der Waals surface area contributed by atoms with Crippen LogP contribution in [0.25, 0.3) is 0 Å². The predicted molar refractivity (Wildman–Crippen MR) is 74.4 cm³/mol. The van der Waals surface area contributed by atoms with E-state index in [4.69, 9.17) is 0 Å². The van der Waals surface area contributed by atoms with E-state index >= 15 is 0 Å². The summed E-state index contributed by atoms with van der Waals surface area (Å²) in [6.45, 7) is 10.4. The highest BCUT2D eigenvalue weighted by Crippen LogP contribution is 2.18. The maximum Gasteiger partial charge on any atom is 0.00992 e. The van der Waals surface area contributed by atoms with E-state index in [0.29, 0.717) is 0 Å². The highest BCUT2D eigenvalue weighted by Gasteiger charge is 1.99. The summed E-state index contributed by atoms with van der Waals surface area (Å²) in [6, 6.07) is 0. The Morgan fingerprint density at radius 1 is 1.25 bits per heavy atom. The zero-order chi connectivity index (χ0) is 12.4. The standard InChI is InChI=1S/C15H25N/c1-6-9-10-14(13(4)7-2)11-12-15(8-3)16-5/h6,8-9,11,16H,4,7,10,12H2,1-3,5H3/b9-6+,14-11-,15-8+. The summed E-state index contributed by atoms with van der Waals surface area (Å²) in [5, 5.41) is 3.19. The van der Waals surface area contributed by atoms with Crippen LogP contribution in [0.4, 0.5) is 0 Å². The molecule has 1 heteroatoms. The first-order valence-corrected chi connectivity index (χ1v) is 6.00. The van der Waals surface area contributed by atoms with Gasteiger partial charge in [-0.1, -0.05) is 43.4 Å². The van der Waals surface area contributed by atoms with E-state index in [1.807, 2.05) is 7.05 Å². The minimum Gasteiger partial charge on any atom is -0.391 e. The van der Waals surface area contributed by atoms with Crippen molar-refractivity contribution in [3.63, 3.8) is 0 Å². The van der Waals surface area contributed by atoms with Crippen molar-refractivity contribution in [2.24, 2.45) is 0 Å². The third-order valence-electron chi connectivity index (χ3n) is 2.69. The smallest absolute Gasteiger partial charge is 0.00992 e. The molecule has 0 aliphatic heterocycles. The second-order valence-corrected chi connectivity index (χ2v) is 3.73. The number of allylic oxidation sites excluding steroid dienone is 6. The van der Waals surface area contributed by atoms with Crippen LogP contribution in [0.15, 0.2) is 47.7 Å². The molecule has 0 atom stereocenters. The molecule has 0 radical (unpaired) electrons. The molecule has 0 aromatic carbocycles. The molecule has 90 valence electrons. The Labute approximate surface area is 101 Å². The van der Waals surface area contributed by atoms with E-state index < -0.39 is 0 Å². The molecule has 0 bridgehead atoms. The highest BCUT2D eigenvalue weighted by atomic mass is 14.8. The van der Waals surface area contributed by atoms with Gasteiger partial charge in [0.25, 0.3) is 0 Å². The van der Waals surface area contributed by atoms with Gasteiger partial charge in [0.1, 0.15) is 0 Å². The molecule has 0 aromatic rings. The minimum atomic E-state index is 0.957. The molecule has 0 aliphatic carbocycles. The first-order chi connectivity index (χ1) is 7.69. The topological polar surface area (TPSA) is 12.0 Å². The molecule has 0 amide bonds. The van der Waals surface area contributed by atoms with Crippen LogP contribution in [0.5, 0.6) is 0 Å². The van der Waals surface area contributed by atoms with Crippen LogP contribution in [0.1, 0.15) is 40.0 Å². The Bertz CT molecular complexity index is 293. The van der Waals surface area contributed by atoms with Crippen LogP contribution >= 0.6 is 0 Å². The summed E-state index contributed by atoms with van der Waals surface area (Å²) < 4.78 is 0. The number of nitrogens with one attached hydrogen (secondary N) is 1. The van der Waals surface area contributed by atoms with Gasteiger partial charge >= 0.3 is 0 Å². The summed E-state index contributed by atoms with van der Waals surface area (Å²) >= 11 is 0. The Hall–Kier alpha value is -1.24. The largest absolute Gasteiger partial charge is 0.391 e. The van der Waals surface area contributed by atoms with Crippen molar-refractivity contribution in [2.45, 2.75) is 40.0 Å². The summed E-state index contributed by atoms with van der Waals surface area (Å²) in [5.41, 5.74) is 3.85. The molecule has 1 N–H and O–H groups in total. The molecule has 0 rings (SSSR count). The molecule has 0 heterocycles. The fraction of sp³-hybridized carbons (Fsp3) is 0.467. The molecule has 0 saturated carbocycles. The van der Waals surface area contributed by atoms with Gasteiger partial charge in [-0.2, -0.15) is 0 Å². The van der Waals surface area contributed by atoms with Gasteiger partial charge in [0, 0.05) is 19.2 Å². The Morgan fingerprint density at radius 2 is 1.94 bits per heavy atom. The van der Waals surface area contributed by atoms with Crippen molar-refractivity contribution >= 4 is 0 Å². The molecular weight excluding hydrogens is 194 g/mol. The number of rotatable bonds is 7. The van der Waals surface area contributed by atoms with Crippen LogP contribution in [-0.4, -0.2) is 7.05 Å². The first-order valence-electron chi connectivity index (χ1n) is 6.00. The van der Waals surface area contributed by atoms with Crippen molar-refractivity contribution in [2.75, 3.05) is 7.05 Å². The van der Waals surface area contributed by atoms with Crippen LogP contribution in [0.3, 0.4) is 0 Å². The maximum atomic E-state index is 4.11. The van der Waals surface area contributed by atoms with Gasteiger partial charge < -0.3 is 5.32 Å². The van der Waals surface area contributed by atoms with Crippen molar-refractivity contribution in [1.29, 1.82) is 0 Å². The SMILES string of the molecule is C=C(CC)/C(=C\C/C(=C\C)NC)C/C=C/C. The van der Waals surface area contributed by atoms with E-state index in [-0.39, 0.29) is 0 Å². The van der Waals surface area contributed by atoms with E-state index in [1.54, 1.807) is 0 Å². The summed E-state index contributed by atoms with van der Waals surface area (Å²) in [4.78, 5) is 0. The Balaban J connectivity index is 4.61. The second-order valence-electron chi connectivity index (χ2n) is 3.73. The van der Waals surface area contributed by atoms with Crippen LogP contribution in [0, 0.1) is 0 Å². The quantitative estimate of drug-likeness (QED) is 0.495. The third-order valence-corrected chi connectivity index (χ3v) is 2.69. The maximum absolute atomic E-state index is 4.11. The third kappa shape index (κ3) is 5.59. The zero-order valence-corrected chi connectivity index (χ0v) is 11.1. The molecule has 0 saturated heterocycles. The minimum absolute atomic E-state index is 0.957. The molecule has 0 spiro atoms. The van der Waals surface area contributed by atoms with Crippen LogP contribution in [-0.2, 0) is 0 Å². The van der Waals surface area contributed by atoms with Gasteiger partial charge in [-0.05, 0) is 32.3 Å². The fourth-order valence-electron chi connectivity index (χ4n) is 1.44. The average Bonchev–Trinajstić information content (AvgIpc) is 2.33. The molecule has 0 fully saturated rings. The van der Waals surface area contributed by atoms with Crippen molar-refractivity contribution < 1.29 is 0 Å². The summed E-state index contributed by atoms with van der Waals surface area (Å²) in [6.07, 6.45) is 11.6. The molecule has 16 heavy (non-hydrogen) atoms. The summed E-state index contributed by atoms with van der Waals surface area (Å²) in [5.74, 6) is 0. The monoisotopic (exact) mass is 219 g/mol. The molecule has 1 nitrogen and oxygen atoms in total. The lowest BCUT2D eigenvalue weighted by Gasteiger charge is -2.08.